The van der Waals surface area contributed by atoms with Crippen LogP contribution in [0, 0.1) is 5.41 Å². The first-order chi connectivity index (χ1) is 8.01. The average Bonchev–Trinajstić information content (AvgIpc) is 2.69. The van der Waals surface area contributed by atoms with Crippen LogP contribution in [0.15, 0.2) is 8.68 Å². The predicted octanol–water partition coefficient (Wildman–Crippen LogP) is 3.38. The van der Waals surface area contributed by atoms with E-state index in [1.807, 2.05) is 6.26 Å². The summed E-state index contributed by atoms with van der Waals surface area (Å²) >= 11 is 5.12. The third kappa shape index (κ3) is 7.28. The second-order valence-corrected chi connectivity index (χ2v) is 8.32. The predicted molar refractivity (Wildman–Crippen MR) is 79.4 cm³/mol. The Morgan fingerprint density at radius 1 is 1.18 bits per heavy atom. The van der Waals surface area contributed by atoms with Crippen molar-refractivity contribution in [2.75, 3.05) is 25.1 Å². The number of nitrogens with one attached hydrogen (secondary N) is 1. The molecule has 0 saturated carbocycles. The first kappa shape index (κ1) is 15.3. The van der Waals surface area contributed by atoms with E-state index in [1.54, 1.807) is 34.9 Å². The summed E-state index contributed by atoms with van der Waals surface area (Å²) in [6.45, 7) is 8.95. The van der Waals surface area contributed by atoms with Crippen LogP contribution in [0.2, 0.25) is 0 Å². The maximum atomic E-state index is 4.13. The van der Waals surface area contributed by atoms with E-state index in [1.165, 1.54) is 6.42 Å². The van der Waals surface area contributed by atoms with Gasteiger partial charge in [-0.25, -0.2) is 0 Å². The molecule has 0 atom stereocenters. The topological polar surface area (TPSA) is 37.8 Å². The van der Waals surface area contributed by atoms with Gasteiger partial charge in [0.15, 0.2) is 8.68 Å². The van der Waals surface area contributed by atoms with Gasteiger partial charge in [0, 0.05) is 12.3 Å². The van der Waals surface area contributed by atoms with Crippen LogP contribution in [0.25, 0.3) is 0 Å². The van der Waals surface area contributed by atoms with Gasteiger partial charge in [-0.15, -0.1) is 10.2 Å². The zero-order valence-electron chi connectivity index (χ0n) is 10.9. The van der Waals surface area contributed by atoms with Crippen molar-refractivity contribution >= 4 is 34.9 Å². The fourth-order valence-corrected chi connectivity index (χ4v) is 3.54. The molecule has 0 aromatic carbocycles. The van der Waals surface area contributed by atoms with Crippen molar-refractivity contribution in [2.45, 2.75) is 35.9 Å². The Bertz CT molecular complexity index is 320. The van der Waals surface area contributed by atoms with E-state index < -0.39 is 0 Å². The van der Waals surface area contributed by atoms with Crippen LogP contribution in [0.5, 0.6) is 0 Å². The number of aromatic nitrogens is 2. The monoisotopic (exact) mass is 291 g/mol. The molecular formula is C11H21N3S3. The summed E-state index contributed by atoms with van der Waals surface area (Å²) in [6, 6.07) is 0. The van der Waals surface area contributed by atoms with Crippen molar-refractivity contribution in [3.05, 3.63) is 0 Å². The van der Waals surface area contributed by atoms with E-state index in [-0.39, 0.29) is 0 Å². The van der Waals surface area contributed by atoms with E-state index >= 15 is 0 Å². The Kier molecular flexibility index (Phi) is 6.84. The highest BCUT2D eigenvalue weighted by Gasteiger charge is 2.08. The van der Waals surface area contributed by atoms with Gasteiger partial charge in [0.05, 0.1) is 0 Å². The van der Waals surface area contributed by atoms with Gasteiger partial charge < -0.3 is 5.32 Å². The fraction of sp³-hybridized carbons (Fsp3) is 0.818. The van der Waals surface area contributed by atoms with Gasteiger partial charge in [0.25, 0.3) is 0 Å². The first-order valence-electron chi connectivity index (χ1n) is 5.72. The van der Waals surface area contributed by atoms with Crippen molar-refractivity contribution < 1.29 is 0 Å². The minimum atomic E-state index is 0.423. The molecule has 1 aromatic heterocycles. The molecule has 0 aliphatic heterocycles. The van der Waals surface area contributed by atoms with Crippen LogP contribution in [0.3, 0.4) is 0 Å². The maximum Gasteiger partial charge on any atom is 0.175 e. The number of nitrogens with zero attached hydrogens (tertiary/aromatic N) is 2. The van der Waals surface area contributed by atoms with Gasteiger partial charge in [0.2, 0.25) is 0 Å². The van der Waals surface area contributed by atoms with Gasteiger partial charge in [-0.3, -0.25) is 0 Å². The highest BCUT2D eigenvalue weighted by Crippen LogP contribution is 2.26. The third-order valence-electron chi connectivity index (χ3n) is 2.12. The number of thioether (sulfide) groups is 2. The van der Waals surface area contributed by atoms with Crippen LogP contribution in [-0.4, -0.2) is 35.3 Å². The quantitative estimate of drug-likeness (QED) is 0.616. The molecular weight excluding hydrogens is 270 g/mol. The Balaban J connectivity index is 2.04. The molecule has 1 aromatic rings. The highest BCUT2D eigenvalue weighted by molar-refractivity contribution is 8.02. The van der Waals surface area contributed by atoms with Crippen LogP contribution in [0.4, 0.5) is 0 Å². The lowest BCUT2D eigenvalue weighted by atomic mass is 9.92. The minimum absolute atomic E-state index is 0.423. The molecule has 98 valence electrons. The molecule has 3 nitrogen and oxygen atoms in total. The number of rotatable bonds is 7. The molecule has 0 amide bonds. The van der Waals surface area contributed by atoms with Crippen molar-refractivity contribution in [2.24, 2.45) is 5.41 Å². The molecule has 0 unspecified atom stereocenters. The van der Waals surface area contributed by atoms with Crippen LogP contribution in [-0.2, 0) is 0 Å². The number of hydrogen-bond acceptors (Lipinski definition) is 6. The van der Waals surface area contributed by atoms with E-state index in [2.05, 4.69) is 36.3 Å². The summed E-state index contributed by atoms with van der Waals surface area (Å²) in [6.07, 6.45) is 3.25. The van der Waals surface area contributed by atoms with Crippen molar-refractivity contribution in [3.63, 3.8) is 0 Å². The summed E-state index contributed by atoms with van der Waals surface area (Å²) < 4.78 is 2.13. The molecule has 1 rings (SSSR count). The van der Waals surface area contributed by atoms with Crippen molar-refractivity contribution in [3.8, 4) is 0 Å². The third-order valence-corrected chi connectivity index (χ3v) is 5.15. The smallest absolute Gasteiger partial charge is 0.175 e. The second kappa shape index (κ2) is 7.61. The molecule has 17 heavy (non-hydrogen) atoms. The molecule has 0 aliphatic carbocycles. The van der Waals surface area contributed by atoms with E-state index in [4.69, 9.17) is 0 Å². The lowest BCUT2D eigenvalue weighted by Crippen LogP contribution is -2.22. The Morgan fingerprint density at radius 2 is 1.88 bits per heavy atom. The number of hydrogen-bond donors (Lipinski definition) is 1. The van der Waals surface area contributed by atoms with Gasteiger partial charge in [-0.05, 0) is 24.6 Å². The molecule has 1 N–H and O–H groups in total. The van der Waals surface area contributed by atoms with Gasteiger partial charge in [0.1, 0.15) is 0 Å². The van der Waals surface area contributed by atoms with E-state index in [0.29, 0.717) is 5.41 Å². The molecule has 0 aliphatic rings. The summed E-state index contributed by atoms with van der Waals surface area (Å²) in [5, 5.41) is 11.7. The molecule has 0 radical (unpaired) electrons. The minimum Gasteiger partial charge on any atom is -0.316 e. The molecule has 1 heterocycles. The second-order valence-electron chi connectivity index (χ2n) is 4.95. The van der Waals surface area contributed by atoms with E-state index in [0.717, 1.165) is 27.5 Å². The van der Waals surface area contributed by atoms with Crippen LogP contribution in [0.1, 0.15) is 27.2 Å². The van der Waals surface area contributed by atoms with Gasteiger partial charge in [-0.1, -0.05) is 55.6 Å². The Labute approximate surface area is 117 Å². The van der Waals surface area contributed by atoms with Crippen LogP contribution < -0.4 is 5.32 Å². The molecule has 6 heteroatoms. The van der Waals surface area contributed by atoms with Crippen LogP contribution >= 0.6 is 34.9 Å². The Morgan fingerprint density at radius 3 is 2.47 bits per heavy atom. The molecule has 0 saturated heterocycles. The summed E-state index contributed by atoms with van der Waals surface area (Å²) in [5.74, 6) is 1.06. The van der Waals surface area contributed by atoms with E-state index in [9.17, 15) is 0 Å². The maximum absolute atomic E-state index is 4.13. The SMILES string of the molecule is CSc1nnc(SCCNCCC(C)(C)C)s1. The molecule has 0 fully saturated rings. The fourth-order valence-electron chi connectivity index (χ4n) is 1.14. The Hall–Kier alpha value is 0.220. The first-order valence-corrected chi connectivity index (χ1v) is 8.75. The van der Waals surface area contributed by atoms with Gasteiger partial charge in [-0.2, -0.15) is 0 Å². The highest BCUT2D eigenvalue weighted by atomic mass is 32.2. The average molecular weight is 292 g/mol. The zero-order chi connectivity index (χ0) is 12.7. The molecule has 0 bridgehead atoms. The summed E-state index contributed by atoms with van der Waals surface area (Å²) in [7, 11) is 0. The zero-order valence-corrected chi connectivity index (χ0v) is 13.4. The summed E-state index contributed by atoms with van der Waals surface area (Å²) in [4.78, 5) is 0. The summed E-state index contributed by atoms with van der Waals surface area (Å²) in [5.41, 5.74) is 0.423. The standard InChI is InChI=1S/C11H21N3S3/c1-11(2,3)5-6-12-7-8-16-10-14-13-9(15-4)17-10/h12H,5-8H2,1-4H3. The largest absolute Gasteiger partial charge is 0.316 e. The normalized spacial score (nSPS) is 12.0. The molecule has 0 spiro atoms. The lowest BCUT2D eigenvalue weighted by Gasteiger charge is -2.17. The van der Waals surface area contributed by atoms with Gasteiger partial charge >= 0.3 is 0 Å². The van der Waals surface area contributed by atoms with Crippen molar-refractivity contribution in [1.29, 1.82) is 0 Å². The lowest BCUT2D eigenvalue weighted by molar-refractivity contribution is 0.369. The van der Waals surface area contributed by atoms with Crippen molar-refractivity contribution in [1.82, 2.24) is 15.5 Å².